The van der Waals surface area contributed by atoms with Crippen LogP contribution in [-0.4, -0.2) is 39.0 Å². The van der Waals surface area contributed by atoms with Gasteiger partial charge < -0.3 is 5.11 Å². The van der Waals surface area contributed by atoms with E-state index in [2.05, 4.69) is 23.1 Å². The molecule has 0 aliphatic carbocycles. The number of rotatable bonds is 4. The van der Waals surface area contributed by atoms with Gasteiger partial charge in [0.15, 0.2) is 0 Å². The van der Waals surface area contributed by atoms with E-state index >= 15 is 0 Å². The number of likely N-dealkylation sites (tertiary alicyclic amines) is 1. The third-order valence-corrected chi connectivity index (χ3v) is 3.70. The second-order valence-electron chi connectivity index (χ2n) is 5.05. The zero-order chi connectivity index (χ0) is 12.3. The molecule has 17 heavy (non-hydrogen) atoms. The normalized spacial score (nSPS) is 21.9. The highest BCUT2D eigenvalue weighted by atomic mass is 16.3. The lowest BCUT2D eigenvalue weighted by Crippen LogP contribution is -2.39. The first kappa shape index (κ1) is 12.6. The summed E-state index contributed by atoms with van der Waals surface area (Å²) in [5, 5.41) is 13.5. The predicted octanol–water partition coefficient (Wildman–Crippen LogP) is 1.47. The van der Waals surface area contributed by atoms with Crippen LogP contribution < -0.4 is 0 Å². The third kappa shape index (κ3) is 3.07. The van der Waals surface area contributed by atoms with Crippen molar-refractivity contribution in [2.24, 2.45) is 7.05 Å². The topological polar surface area (TPSA) is 41.3 Å². The lowest BCUT2D eigenvalue weighted by molar-refractivity contribution is 0.112. The summed E-state index contributed by atoms with van der Waals surface area (Å²) in [6, 6.07) is 0.549. The molecule has 2 rings (SSSR count). The monoisotopic (exact) mass is 237 g/mol. The molecule has 0 radical (unpaired) electrons. The minimum Gasteiger partial charge on any atom is -0.396 e. The van der Waals surface area contributed by atoms with E-state index in [0.717, 1.165) is 25.2 Å². The highest BCUT2D eigenvalue weighted by Crippen LogP contribution is 2.22. The van der Waals surface area contributed by atoms with Crippen LogP contribution in [0.5, 0.6) is 0 Å². The summed E-state index contributed by atoms with van der Waals surface area (Å²) in [7, 11) is 1.97. The first-order valence-electron chi connectivity index (χ1n) is 6.54. The molecule has 1 atom stereocenters. The van der Waals surface area contributed by atoms with Gasteiger partial charge >= 0.3 is 0 Å². The molecular formula is C13H23N3O. The molecule has 1 aromatic rings. The van der Waals surface area contributed by atoms with Crippen LogP contribution in [0.25, 0.3) is 0 Å². The summed E-state index contributed by atoms with van der Waals surface area (Å²) in [6.07, 6.45) is 6.81. The van der Waals surface area contributed by atoms with E-state index in [-0.39, 0.29) is 0 Å². The molecule has 0 saturated carbocycles. The van der Waals surface area contributed by atoms with Gasteiger partial charge in [-0.1, -0.05) is 6.42 Å². The molecule has 1 aliphatic heterocycles. The van der Waals surface area contributed by atoms with Crippen molar-refractivity contribution in [3.63, 3.8) is 0 Å². The Labute approximate surface area is 103 Å². The maximum atomic E-state index is 9.12. The Bertz CT molecular complexity index is 360. The van der Waals surface area contributed by atoms with E-state index in [9.17, 15) is 0 Å². The Morgan fingerprint density at radius 3 is 2.94 bits per heavy atom. The van der Waals surface area contributed by atoms with Crippen molar-refractivity contribution in [2.45, 2.75) is 45.2 Å². The van der Waals surface area contributed by atoms with Gasteiger partial charge in [-0.3, -0.25) is 9.58 Å². The fourth-order valence-corrected chi connectivity index (χ4v) is 2.77. The average molecular weight is 237 g/mol. The molecule has 1 aromatic heterocycles. The molecule has 1 N–H and O–H groups in total. The van der Waals surface area contributed by atoms with Crippen LogP contribution in [0.3, 0.4) is 0 Å². The quantitative estimate of drug-likeness (QED) is 0.862. The molecule has 1 fully saturated rings. The van der Waals surface area contributed by atoms with E-state index in [4.69, 9.17) is 5.11 Å². The number of piperidine rings is 1. The lowest BCUT2D eigenvalue weighted by atomic mass is 9.99. The molecule has 1 saturated heterocycles. The molecule has 0 aromatic carbocycles. The standard InChI is InChI=1S/C13H23N3O/c1-11-12(9-15(2)14-11)10-16-7-4-3-5-13(16)6-8-17/h9,13,17H,3-8,10H2,1-2H3. The number of nitrogens with zero attached hydrogens (tertiary/aromatic N) is 3. The Morgan fingerprint density at radius 2 is 2.29 bits per heavy atom. The summed E-state index contributed by atoms with van der Waals surface area (Å²) < 4.78 is 1.88. The van der Waals surface area contributed by atoms with Crippen molar-refractivity contribution in [1.82, 2.24) is 14.7 Å². The number of hydrogen-bond acceptors (Lipinski definition) is 3. The summed E-state index contributed by atoms with van der Waals surface area (Å²) in [5.74, 6) is 0. The maximum absolute atomic E-state index is 9.12. The van der Waals surface area contributed by atoms with Crippen LogP contribution in [0.1, 0.15) is 36.9 Å². The highest BCUT2D eigenvalue weighted by Gasteiger charge is 2.22. The molecular weight excluding hydrogens is 214 g/mol. The fraction of sp³-hybridized carbons (Fsp3) is 0.769. The minimum atomic E-state index is 0.299. The first-order valence-corrected chi connectivity index (χ1v) is 6.54. The summed E-state index contributed by atoms with van der Waals surface area (Å²) in [6.45, 7) is 4.50. The fourth-order valence-electron chi connectivity index (χ4n) is 2.77. The van der Waals surface area contributed by atoms with E-state index in [1.165, 1.54) is 24.8 Å². The van der Waals surface area contributed by atoms with Crippen molar-refractivity contribution in [3.05, 3.63) is 17.5 Å². The van der Waals surface area contributed by atoms with Gasteiger partial charge in [0.05, 0.1) is 5.69 Å². The van der Waals surface area contributed by atoms with Crippen molar-refractivity contribution in [3.8, 4) is 0 Å². The Hall–Kier alpha value is -0.870. The van der Waals surface area contributed by atoms with Crippen LogP contribution in [0.4, 0.5) is 0 Å². The minimum absolute atomic E-state index is 0.299. The van der Waals surface area contributed by atoms with Crippen LogP contribution in [0, 0.1) is 6.92 Å². The summed E-state index contributed by atoms with van der Waals surface area (Å²) >= 11 is 0. The number of aliphatic hydroxyl groups is 1. The van der Waals surface area contributed by atoms with Gasteiger partial charge in [0.1, 0.15) is 0 Å². The molecule has 1 aliphatic rings. The van der Waals surface area contributed by atoms with Crippen molar-refractivity contribution < 1.29 is 5.11 Å². The van der Waals surface area contributed by atoms with Crippen LogP contribution in [0.2, 0.25) is 0 Å². The van der Waals surface area contributed by atoms with Crippen LogP contribution >= 0.6 is 0 Å². The lowest BCUT2D eigenvalue weighted by Gasteiger charge is -2.35. The van der Waals surface area contributed by atoms with Crippen molar-refractivity contribution in [1.29, 1.82) is 0 Å². The van der Waals surface area contributed by atoms with Gasteiger partial charge in [0.2, 0.25) is 0 Å². The molecule has 4 heteroatoms. The SMILES string of the molecule is Cc1nn(C)cc1CN1CCCCC1CCO. The molecule has 2 heterocycles. The molecule has 0 amide bonds. The maximum Gasteiger partial charge on any atom is 0.0638 e. The summed E-state index contributed by atoms with van der Waals surface area (Å²) in [5.41, 5.74) is 2.44. The molecule has 0 bridgehead atoms. The zero-order valence-corrected chi connectivity index (χ0v) is 10.9. The van der Waals surface area contributed by atoms with Gasteiger partial charge in [-0.05, 0) is 32.7 Å². The second-order valence-corrected chi connectivity index (χ2v) is 5.05. The Kier molecular flexibility index (Phi) is 4.18. The number of aryl methyl sites for hydroxylation is 2. The molecule has 0 spiro atoms. The van der Waals surface area contributed by atoms with Crippen LogP contribution in [0.15, 0.2) is 6.20 Å². The van der Waals surface area contributed by atoms with Gasteiger partial charge in [0, 0.05) is 38.0 Å². The largest absolute Gasteiger partial charge is 0.396 e. The smallest absolute Gasteiger partial charge is 0.0638 e. The van der Waals surface area contributed by atoms with Crippen LogP contribution in [-0.2, 0) is 13.6 Å². The van der Waals surface area contributed by atoms with Crippen molar-refractivity contribution in [2.75, 3.05) is 13.2 Å². The molecule has 96 valence electrons. The average Bonchev–Trinajstić information content (AvgIpc) is 2.61. The van der Waals surface area contributed by atoms with E-state index in [1.54, 1.807) is 0 Å². The third-order valence-electron chi connectivity index (χ3n) is 3.70. The van der Waals surface area contributed by atoms with E-state index < -0.39 is 0 Å². The molecule has 1 unspecified atom stereocenters. The van der Waals surface area contributed by atoms with E-state index in [1.807, 2.05) is 11.7 Å². The number of aliphatic hydroxyl groups excluding tert-OH is 1. The molecule has 4 nitrogen and oxygen atoms in total. The number of hydrogen-bond donors (Lipinski definition) is 1. The Morgan fingerprint density at radius 1 is 1.47 bits per heavy atom. The number of aromatic nitrogens is 2. The van der Waals surface area contributed by atoms with Gasteiger partial charge in [0.25, 0.3) is 0 Å². The summed E-state index contributed by atoms with van der Waals surface area (Å²) in [4.78, 5) is 2.50. The first-order chi connectivity index (χ1) is 8.20. The zero-order valence-electron chi connectivity index (χ0n) is 10.9. The highest BCUT2D eigenvalue weighted by molar-refractivity contribution is 5.15. The van der Waals surface area contributed by atoms with Crippen molar-refractivity contribution >= 4 is 0 Å². The van der Waals surface area contributed by atoms with Gasteiger partial charge in [-0.15, -0.1) is 0 Å². The van der Waals surface area contributed by atoms with Gasteiger partial charge in [-0.25, -0.2) is 0 Å². The second kappa shape index (κ2) is 5.65. The van der Waals surface area contributed by atoms with Gasteiger partial charge in [-0.2, -0.15) is 5.10 Å². The predicted molar refractivity (Wildman–Crippen MR) is 67.7 cm³/mol. The Balaban J connectivity index is 2.02. The van der Waals surface area contributed by atoms with E-state index in [0.29, 0.717) is 12.6 Å².